The molecule has 1 fully saturated rings. The van der Waals surface area contributed by atoms with E-state index >= 15 is 0 Å². The van der Waals surface area contributed by atoms with E-state index in [1.807, 2.05) is 7.05 Å². The van der Waals surface area contributed by atoms with Gasteiger partial charge in [0.25, 0.3) is 0 Å². The number of benzene rings is 1. The fourth-order valence-corrected chi connectivity index (χ4v) is 2.56. The van der Waals surface area contributed by atoms with E-state index in [0.29, 0.717) is 0 Å². The van der Waals surface area contributed by atoms with Crippen LogP contribution in [0.4, 0.5) is 0 Å². The molecule has 0 spiro atoms. The molecule has 1 aromatic carbocycles. The number of aryl methyl sites for hydroxylation is 1. The van der Waals surface area contributed by atoms with Crippen LogP contribution >= 0.6 is 0 Å². The van der Waals surface area contributed by atoms with Gasteiger partial charge in [-0.25, -0.2) is 0 Å². The van der Waals surface area contributed by atoms with Gasteiger partial charge >= 0.3 is 7.12 Å². The van der Waals surface area contributed by atoms with Crippen LogP contribution in [0.25, 0.3) is 10.8 Å². The predicted molar refractivity (Wildman–Crippen MR) is 78.6 cm³/mol. The number of hydrogen-bond acceptors (Lipinski definition) is 2. The number of fused-ring (bicyclic) bond motifs is 1. The maximum atomic E-state index is 6.15. The summed E-state index contributed by atoms with van der Waals surface area (Å²) in [5.41, 5.74) is 0.487. The molecule has 3 nitrogen and oxygen atoms in total. The van der Waals surface area contributed by atoms with Gasteiger partial charge in [-0.1, -0.05) is 24.3 Å². The van der Waals surface area contributed by atoms with Crippen molar-refractivity contribution in [3.8, 4) is 0 Å². The van der Waals surface area contributed by atoms with Crippen LogP contribution in [0.1, 0.15) is 27.7 Å². The summed E-state index contributed by atoms with van der Waals surface area (Å²) in [7, 11) is 1.73. The molecule has 4 heteroatoms. The van der Waals surface area contributed by atoms with Crippen molar-refractivity contribution in [3.05, 3.63) is 30.5 Å². The van der Waals surface area contributed by atoms with Crippen LogP contribution in [0.15, 0.2) is 30.5 Å². The van der Waals surface area contributed by atoms with Gasteiger partial charge < -0.3 is 13.9 Å². The van der Waals surface area contributed by atoms with Crippen molar-refractivity contribution in [1.29, 1.82) is 0 Å². The lowest BCUT2D eigenvalue weighted by atomic mass is 9.82. The van der Waals surface area contributed by atoms with Crippen molar-refractivity contribution < 1.29 is 9.31 Å². The summed E-state index contributed by atoms with van der Waals surface area (Å²) >= 11 is 0. The average molecular weight is 257 g/mol. The van der Waals surface area contributed by atoms with Crippen LogP contribution in [0, 0.1) is 0 Å². The van der Waals surface area contributed by atoms with Crippen LogP contribution in [-0.2, 0) is 16.4 Å². The van der Waals surface area contributed by atoms with Gasteiger partial charge in [-0.15, -0.1) is 0 Å². The lowest BCUT2D eigenvalue weighted by molar-refractivity contribution is 0.00578. The molecule has 2 heterocycles. The highest BCUT2D eigenvalue weighted by atomic mass is 16.7. The maximum absolute atomic E-state index is 6.15. The van der Waals surface area contributed by atoms with Gasteiger partial charge in [0.15, 0.2) is 0 Å². The minimum atomic E-state index is -0.310. The molecule has 1 aliphatic heterocycles. The molecule has 19 heavy (non-hydrogen) atoms. The zero-order valence-corrected chi connectivity index (χ0v) is 12.2. The lowest BCUT2D eigenvalue weighted by Crippen LogP contribution is -2.41. The molecule has 0 atom stereocenters. The smallest absolute Gasteiger partial charge is 0.398 e. The normalized spacial score (nSPS) is 21.2. The van der Waals surface area contributed by atoms with Crippen molar-refractivity contribution in [1.82, 2.24) is 4.57 Å². The molecule has 0 aliphatic carbocycles. The lowest BCUT2D eigenvalue weighted by Gasteiger charge is -2.32. The van der Waals surface area contributed by atoms with E-state index in [0.717, 1.165) is 5.59 Å². The second-order valence-corrected chi connectivity index (χ2v) is 6.30. The molecular weight excluding hydrogens is 237 g/mol. The molecular formula is C15H20BNO2. The third kappa shape index (κ3) is 1.82. The monoisotopic (exact) mass is 257 g/mol. The standard InChI is InChI=1S/C15H20BNO2/c1-14(2)15(3,4)19-16(18-14)13-12-9-7-6-8-11(12)10-17(13)5/h6-10H,1-5H3. The minimum Gasteiger partial charge on any atom is -0.398 e. The van der Waals surface area contributed by atoms with Crippen LogP contribution in [-0.4, -0.2) is 22.9 Å². The van der Waals surface area contributed by atoms with Crippen LogP contribution < -0.4 is 5.59 Å². The number of aromatic nitrogens is 1. The fraction of sp³-hybridized carbons (Fsp3) is 0.467. The van der Waals surface area contributed by atoms with Gasteiger partial charge in [0.05, 0.1) is 16.8 Å². The second-order valence-electron chi connectivity index (χ2n) is 6.30. The highest BCUT2D eigenvalue weighted by molar-refractivity contribution is 6.64. The highest BCUT2D eigenvalue weighted by Gasteiger charge is 2.52. The highest BCUT2D eigenvalue weighted by Crippen LogP contribution is 2.37. The third-order valence-electron chi connectivity index (χ3n) is 4.43. The van der Waals surface area contributed by atoms with Gasteiger partial charge in [-0.2, -0.15) is 0 Å². The first kappa shape index (κ1) is 12.8. The van der Waals surface area contributed by atoms with E-state index in [-0.39, 0.29) is 18.3 Å². The maximum Gasteiger partial charge on any atom is 0.512 e. The van der Waals surface area contributed by atoms with Crippen molar-refractivity contribution in [2.75, 3.05) is 0 Å². The Morgan fingerprint density at radius 1 is 1.00 bits per heavy atom. The van der Waals surface area contributed by atoms with Gasteiger partial charge in [-0.05, 0) is 38.5 Å². The van der Waals surface area contributed by atoms with Gasteiger partial charge in [0.2, 0.25) is 0 Å². The molecule has 0 unspecified atom stereocenters. The summed E-state index contributed by atoms with van der Waals surface area (Å²) in [6.07, 6.45) is 2.12. The Bertz CT molecular complexity index is 614. The van der Waals surface area contributed by atoms with Crippen molar-refractivity contribution >= 4 is 23.5 Å². The molecule has 3 rings (SSSR count). The van der Waals surface area contributed by atoms with E-state index in [2.05, 4.69) is 62.7 Å². The Kier molecular flexibility index (Phi) is 2.60. The SMILES string of the molecule is Cn1cc2ccccc2c1B1OC(C)(C)C(C)(C)O1. The fourth-order valence-electron chi connectivity index (χ4n) is 2.56. The Hall–Kier alpha value is -1.26. The Labute approximate surface area is 114 Å². The predicted octanol–water partition coefficient (Wildman–Crippen LogP) is 2.48. The zero-order chi connectivity index (χ0) is 13.8. The summed E-state index contributed by atoms with van der Waals surface area (Å²) < 4.78 is 14.4. The Morgan fingerprint density at radius 2 is 1.58 bits per heavy atom. The second kappa shape index (κ2) is 3.87. The zero-order valence-electron chi connectivity index (χ0n) is 12.2. The van der Waals surface area contributed by atoms with E-state index in [4.69, 9.17) is 9.31 Å². The molecule has 1 aliphatic rings. The van der Waals surface area contributed by atoms with Crippen molar-refractivity contribution in [2.45, 2.75) is 38.9 Å². The van der Waals surface area contributed by atoms with Crippen LogP contribution in [0.2, 0.25) is 0 Å². The summed E-state index contributed by atoms with van der Waals surface area (Å²) in [4.78, 5) is 0. The number of nitrogens with zero attached hydrogens (tertiary/aromatic N) is 1. The molecule has 0 amide bonds. The average Bonchev–Trinajstić information content (AvgIpc) is 2.72. The molecule has 0 saturated carbocycles. The number of hydrogen-bond donors (Lipinski definition) is 0. The summed E-state index contributed by atoms with van der Waals surface area (Å²) in [6, 6.07) is 8.34. The molecule has 100 valence electrons. The summed E-state index contributed by atoms with van der Waals surface area (Å²) in [5, 5.41) is 2.42. The quantitative estimate of drug-likeness (QED) is 0.733. The van der Waals surface area contributed by atoms with Crippen LogP contribution in [0.5, 0.6) is 0 Å². The largest absolute Gasteiger partial charge is 0.512 e. The van der Waals surface area contributed by atoms with E-state index in [1.54, 1.807) is 0 Å². The Morgan fingerprint density at radius 3 is 2.21 bits per heavy atom. The van der Waals surface area contributed by atoms with Gasteiger partial charge in [0.1, 0.15) is 0 Å². The van der Waals surface area contributed by atoms with E-state index < -0.39 is 0 Å². The van der Waals surface area contributed by atoms with E-state index in [1.165, 1.54) is 10.8 Å². The summed E-state index contributed by atoms with van der Waals surface area (Å²) in [5.74, 6) is 0. The molecule has 0 radical (unpaired) electrons. The Balaban J connectivity index is 2.10. The van der Waals surface area contributed by atoms with Crippen molar-refractivity contribution in [3.63, 3.8) is 0 Å². The molecule has 1 saturated heterocycles. The topological polar surface area (TPSA) is 23.4 Å². The molecule has 0 bridgehead atoms. The first-order valence-electron chi connectivity index (χ1n) is 6.71. The number of rotatable bonds is 1. The minimum absolute atomic E-state index is 0.303. The first-order chi connectivity index (χ1) is 8.82. The van der Waals surface area contributed by atoms with E-state index in [9.17, 15) is 0 Å². The first-order valence-corrected chi connectivity index (χ1v) is 6.71. The third-order valence-corrected chi connectivity index (χ3v) is 4.43. The molecule has 0 N–H and O–H groups in total. The molecule has 2 aromatic rings. The van der Waals surface area contributed by atoms with Crippen molar-refractivity contribution in [2.24, 2.45) is 7.05 Å². The van der Waals surface area contributed by atoms with Crippen LogP contribution in [0.3, 0.4) is 0 Å². The summed E-state index contributed by atoms with van der Waals surface area (Å²) in [6.45, 7) is 8.33. The van der Waals surface area contributed by atoms with Gasteiger partial charge in [0, 0.05) is 13.2 Å². The molecule has 1 aromatic heterocycles. The van der Waals surface area contributed by atoms with Gasteiger partial charge in [-0.3, -0.25) is 0 Å².